The van der Waals surface area contributed by atoms with E-state index in [1.807, 2.05) is 43.3 Å². The highest BCUT2D eigenvalue weighted by Gasteiger charge is 1.95. The molecule has 0 bridgehead atoms. The molecule has 1 aromatic carbocycles. The Bertz CT molecular complexity index is 564. The molecule has 5 heteroatoms. The minimum atomic E-state index is 0.453. The molecule has 0 saturated heterocycles. The molecular weight excluding hydrogens is 256 g/mol. The summed E-state index contributed by atoms with van der Waals surface area (Å²) in [4.78, 5) is 3.93. The molecule has 4 nitrogen and oxygen atoms in total. The maximum absolute atomic E-state index is 5.14. The van der Waals surface area contributed by atoms with Crippen molar-refractivity contribution in [3.05, 3.63) is 59.9 Å². The number of aromatic nitrogens is 1. The fourth-order valence-electron chi connectivity index (χ4n) is 1.41. The Kier molecular flexibility index (Phi) is 4.58. The van der Waals surface area contributed by atoms with Crippen LogP contribution in [0.25, 0.3) is 0 Å². The summed E-state index contributed by atoms with van der Waals surface area (Å²) in [5.41, 5.74) is 5.86. The summed E-state index contributed by atoms with van der Waals surface area (Å²) in [6, 6.07) is 11.7. The molecule has 2 N–H and O–H groups in total. The second-order valence-corrected chi connectivity index (χ2v) is 4.38. The average molecular weight is 270 g/mol. The Morgan fingerprint density at radius 1 is 1.16 bits per heavy atom. The van der Waals surface area contributed by atoms with Crippen molar-refractivity contribution in [1.82, 2.24) is 10.4 Å². The van der Waals surface area contributed by atoms with Gasteiger partial charge in [0.1, 0.15) is 0 Å². The fraction of sp³-hybridized carbons (Fsp3) is 0.0714. The highest BCUT2D eigenvalue weighted by molar-refractivity contribution is 7.80. The molecule has 0 aliphatic rings. The largest absolute Gasteiger partial charge is 0.331 e. The molecule has 0 fully saturated rings. The van der Waals surface area contributed by atoms with Crippen molar-refractivity contribution in [3.8, 4) is 0 Å². The number of nitrogens with zero attached hydrogens (tertiary/aromatic N) is 2. The third-order valence-electron chi connectivity index (χ3n) is 2.40. The first-order valence-corrected chi connectivity index (χ1v) is 6.21. The van der Waals surface area contributed by atoms with E-state index >= 15 is 0 Å². The first-order chi connectivity index (χ1) is 9.24. The summed E-state index contributed by atoms with van der Waals surface area (Å²) in [5, 5.41) is 7.55. The van der Waals surface area contributed by atoms with Crippen LogP contribution in [0.15, 0.2) is 53.9 Å². The SMILES string of the molecule is Cc1ccc(NC(=S)NN=Cc2ccncc2)cc1. The lowest BCUT2D eigenvalue weighted by Crippen LogP contribution is -2.23. The zero-order valence-electron chi connectivity index (χ0n) is 10.5. The summed E-state index contributed by atoms with van der Waals surface area (Å²) in [6.45, 7) is 2.04. The van der Waals surface area contributed by atoms with Gasteiger partial charge in [0.2, 0.25) is 0 Å². The topological polar surface area (TPSA) is 49.3 Å². The molecule has 0 amide bonds. The van der Waals surface area contributed by atoms with E-state index < -0.39 is 0 Å². The van der Waals surface area contributed by atoms with Crippen molar-refractivity contribution in [2.75, 3.05) is 5.32 Å². The van der Waals surface area contributed by atoms with Crippen LogP contribution in [0.3, 0.4) is 0 Å². The van der Waals surface area contributed by atoms with E-state index in [0.717, 1.165) is 11.3 Å². The van der Waals surface area contributed by atoms with E-state index in [2.05, 4.69) is 20.8 Å². The van der Waals surface area contributed by atoms with Crippen LogP contribution < -0.4 is 10.7 Å². The van der Waals surface area contributed by atoms with E-state index in [4.69, 9.17) is 12.2 Å². The lowest BCUT2D eigenvalue weighted by molar-refractivity contribution is 1.05. The molecule has 0 unspecified atom stereocenters. The van der Waals surface area contributed by atoms with Crippen molar-refractivity contribution in [2.24, 2.45) is 5.10 Å². The first kappa shape index (κ1) is 13.2. The van der Waals surface area contributed by atoms with Gasteiger partial charge in [0.05, 0.1) is 6.21 Å². The highest BCUT2D eigenvalue weighted by Crippen LogP contribution is 2.08. The second-order valence-electron chi connectivity index (χ2n) is 3.97. The monoisotopic (exact) mass is 270 g/mol. The van der Waals surface area contributed by atoms with Crippen LogP contribution >= 0.6 is 12.2 Å². The van der Waals surface area contributed by atoms with Gasteiger partial charge in [-0.3, -0.25) is 10.4 Å². The van der Waals surface area contributed by atoms with Gasteiger partial charge in [0.15, 0.2) is 5.11 Å². The predicted octanol–water partition coefficient (Wildman–Crippen LogP) is 2.71. The van der Waals surface area contributed by atoms with Gasteiger partial charge in [-0.2, -0.15) is 5.10 Å². The van der Waals surface area contributed by atoms with Gasteiger partial charge >= 0.3 is 0 Å². The van der Waals surface area contributed by atoms with E-state index in [1.54, 1.807) is 18.6 Å². The van der Waals surface area contributed by atoms with E-state index in [0.29, 0.717) is 5.11 Å². The Balaban J connectivity index is 1.85. The lowest BCUT2D eigenvalue weighted by Gasteiger charge is -2.06. The van der Waals surface area contributed by atoms with Crippen molar-refractivity contribution >= 4 is 29.2 Å². The summed E-state index contributed by atoms with van der Waals surface area (Å²) in [5.74, 6) is 0. The summed E-state index contributed by atoms with van der Waals surface area (Å²) >= 11 is 5.14. The molecule has 0 atom stereocenters. The number of hydrazone groups is 1. The predicted molar refractivity (Wildman–Crippen MR) is 82.4 cm³/mol. The van der Waals surface area contributed by atoms with E-state index in [9.17, 15) is 0 Å². The Labute approximate surface area is 117 Å². The second kappa shape index (κ2) is 6.61. The normalized spacial score (nSPS) is 10.4. The van der Waals surface area contributed by atoms with Crippen molar-refractivity contribution in [2.45, 2.75) is 6.92 Å². The molecule has 96 valence electrons. The number of rotatable bonds is 3. The summed E-state index contributed by atoms with van der Waals surface area (Å²) in [7, 11) is 0. The molecule has 0 spiro atoms. The van der Waals surface area contributed by atoms with Crippen LogP contribution in [-0.4, -0.2) is 16.3 Å². The fourth-order valence-corrected chi connectivity index (χ4v) is 1.58. The molecule has 1 heterocycles. The standard InChI is InChI=1S/C14H14N4S/c1-11-2-4-13(5-3-11)17-14(19)18-16-10-12-6-8-15-9-7-12/h2-10H,1H3,(H2,17,18,19). The molecule has 2 aromatic rings. The van der Waals surface area contributed by atoms with Crippen LogP contribution in [0, 0.1) is 6.92 Å². The van der Waals surface area contributed by atoms with Gasteiger partial charge < -0.3 is 5.32 Å². The van der Waals surface area contributed by atoms with Gasteiger partial charge in [-0.25, -0.2) is 0 Å². The first-order valence-electron chi connectivity index (χ1n) is 5.81. The third-order valence-corrected chi connectivity index (χ3v) is 2.59. The Morgan fingerprint density at radius 2 is 1.84 bits per heavy atom. The third kappa shape index (κ3) is 4.48. The number of hydrogen-bond acceptors (Lipinski definition) is 3. The number of anilines is 1. The molecule has 0 radical (unpaired) electrons. The van der Waals surface area contributed by atoms with Gasteiger partial charge in [-0.1, -0.05) is 17.7 Å². The minimum Gasteiger partial charge on any atom is -0.331 e. The zero-order chi connectivity index (χ0) is 13.5. The average Bonchev–Trinajstić information content (AvgIpc) is 2.43. The molecule has 0 saturated carbocycles. The van der Waals surface area contributed by atoms with Crippen molar-refractivity contribution < 1.29 is 0 Å². The number of pyridine rings is 1. The molecular formula is C14H14N4S. The summed E-state index contributed by atoms with van der Waals surface area (Å²) < 4.78 is 0. The number of aryl methyl sites for hydroxylation is 1. The molecule has 19 heavy (non-hydrogen) atoms. The smallest absolute Gasteiger partial charge is 0.191 e. The highest BCUT2D eigenvalue weighted by atomic mass is 32.1. The van der Waals surface area contributed by atoms with Crippen molar-refractivity contribution in [3.63, 3.8) is 0 Å². The number of thiocarbonyl (C=S) groups is 1. The van der Waals surface area contributed by atoms with Crippen LogP contribution in [0.2, 0.25) is 0 Å². The number of hydrogen-bond donors (Lipinski definition) is 2. The lowest BCUT2D eigenvalue weighted by atomic mass is 10.2. The molecule has 2 rings (SSSR count). The van der Waals surface area contributed by atoms with Gasteiger partial charge in [0, 0.05) is 18.1 Å². The van der Waals surface area contributed by atoms with E-state index in [1.165, 1.54) is 5.56 Å². The van der Waals surface area contributed by atoms with Gasteiger partial charge in [-0.15, -0.1) is 0 Å². The molecule has 1 aromatic heterocycles. The van der Waals surface area contributed by atoms with Crippen LogP contribution in [-0.2, 0) is 0 Å². The number of benzene rings is 1. The van der Waals surface area contributed by atoms with Crippen LogP contribution in [0.4, 0.5) is 5.69 Å². The van der Waals surface area contributed by atoms with Crippen molar-refractivity contribution in [1.29, 1.82) is 0 Å². The van der Waals surface area contributed by atoms with Gasteiger partial charge in [-0.05, 0) is 49.0 Å². The zero-order valence-corrected chi connectivity index (χ0v) is 11.3. The Morgan fingerprint density at radius 3 is 2.53 bits per heavy atom. The maximum Gasteiger partial charge on any atom is 0.191 e. The minimum absolute atomic E-state index is 0.453. The van der Waals surface area contributed by atoms with E-state index in [-0.39, 0.29) is 0 Å². The number of nitrogens with one attached hydrogen (secondary N) is 2. The Hall–Kier alpha value is -2.27. The van der Waals surface area contributed by atoms with Crippen LogP contribution in [0.5, 0.6) is 0 Å². The van der Waals surface area contributed by atoms with Crippen LogP contribution in [0.1, 0.15) is 11.1 Å². The maximum atomic E-state index is 5.14. The molecule has 0 aliphatic carbocycles. The quantitative estimate of drug-likeness (QED) is 0.511. The van der Waals surface area contributed by atoms with Gasteiger partial charge in [0.25, 0.3) is 0 Å². The molecule has 0 aliphatic heterocycles. The summed E-state index contributed by atoms with van der Waals surface area (Å²) in [6.07, 6.45) is 5.11.